The number of carbonyl (C=O) groups is 2. The van der Waals surface area contributed by atoms with Crippen LogP contribution in [-0.2, 0) is 25.5 Å². The van der Waals surface area contributed by atoms with E-state index in [-0.39, 0.29) is 24.3 Å². The van der Waals surface area contributed by atoms with E-state index in [0.29, 0.717) is 42.8 Å². The summed E-state index contributed by atoms with van der Waals surface area (Å²) < 4.78 is 11.3. The van der Waals surface area contributed by atoms with Crippen molar-refractivity contribution >= 4 is 51.3 Å². The van der Waals surface area contributed by atoms with Crippen molar-refractivity contribution < 1.29 is 19.1 Å². The predicted octanol–water partition coefficient (Wildman–Crippen LogP) is 9.64. The molecule has 7 heteroatoms. The van der Waals surface area contributed by atoms with Gasteiger partial charge < -0.3 is 9.47 Å². The first-order valence-electron chi connectivity index (χ1n) is 15.2. The SMILES string of the molecule is C=CC1CC(/C=C/C2CC(C=C)C(COC(=O)Cc3cc(-c4ccc(C)s4)sc3C3=CCC(=C)S3)C2)C(COC(C)=O)C1. The largest absolute Gasteiger partial charge is 0.466 e. The van der Waals surface area contributed by atoms with E-state index in [0.717, 1.165) is 47.4 Å². The Morgan fingerprint density at radius 1 is 0.930 bits per heavy atom. The number of carbonyl (C=O) groups excluding carboxylic acids is 2. The molecule has 0 bridgehead atoms. The first kappa shape index (κ1) is 31.8. The van der Waals surface area contributed by atoms with Gasteiger partial charge in [0.25, 0.3) is 0 Å². The Kier molecular flexibility index (Phi) is 10.7. The van der Waals surface area contributed by atoms with Gasteiger partial charge in [-0.05, 0) is 103 Å². The lowest BCUT2D eigenvalue weighted by atomic mass is 9.94. The van der Waals surface area contributed by atoms with Gasteiger partial charge in [0.15, 0.2) is 0 Å². The molecule has 43 heavy (non-hydrogen) atoms. The lowest BCUT2D eigenvalue weighted by Gasteiger charge is -2.16. The van der Waals surface area contributed by atoms with Crippen LogP contribution in [0, 0.1) is 42.4 Å². The fourth-order valence-electron chi connectivity index (χ4n) is 6.63. The standard InChI is InChI=1S/C36H42O4S3/c1-6-25-14-28(31(15-25)20-39-24(5)37)11-10-26-16-27(7-2)30(17-26)21-40-35(38)19-29-18-34(32-12-8-22(3)41-32)43-36(29)33-13-9-23(4)42-33/h6-8,10-13,18,25-28,30-31H,1-2,4,9,14-17,19-21H2,3,5H3/b11-10+. The maximum atomic E-state index is 13.2. The van der Waals surface area contributed by atoms with Gasteiger partial charge >= 0.3 is 11.9 Å². The fourth-order valence-corrected chi connectivity index (χ4v) is 9.82. The summed E-state index contributed by atoms with van der Waals surface area (Å²) in [5.74, 6) is 1.79. The van der Waals surface area contributed by atoms with Crippen molar-refractivity contribution in [1.29, 1.82) is 0 Å². The van der Waals surface area contributed by atoms with Gasteiger partial charge in [-0.1, -0.05) is 48.7 Å². The number of hydrogen-bond acceptors (Lipinski definition) is 7. The number of rotatable bonds is 12. The summed E-state index contributed by atoms with van der Waals surface area (Å²) in [4.78, 5) is 31.8. The number of hydrogen-bond donors (Lipinski definition) is 0. The summed E-state index contributed by atoms with van der Waals surface area (Å²) in [6.45, 7) is 16.7. The smallest absolute Gasteiger partial charge is 0.310 e. The highest BCUT2D eigenvalue weighted by atomic mass is 32.2. The Labute approximate surface area is 268 Å². The summed E-state index contributed by atoms with van der Waals surface area (Å²) in [5, 5.41) is 0. The highest BCUT2D eigenvalue weighted by molar-refractivity contribution is 8.12. The molecule has 0 saturated heterocycles. The highest BCUT2D eigenvalue weighted by Gasteiger charge is 2.35. The van der Waals surface area contributed by atoms with Crippen LogP contribution >= 0.6 is 34.4 Å². The number of aryl methyl sites for hydroxylation is 1. The van der Waals surface area contributed by atoms with Crippen molar-refractivity contribution in [3.8, 4) is 9.75 Å². The number of ether oxygens (including phenoxy) is 2. The van der Waals surface area contributed by atoms with E-state index >= 15 is 0 Å². The van der Waals surface area contributed by atoms with E-state index in [2.05, 4.69) is 63.1 Å². The van der Waals surface area contributed by atoms with E-state index in [1.165, 1.54) is 26.5 Å². The second-order valence-electron chi connectivity index (χ2n) is 12.1. The molecule has 1 aliphatic heterocycles. The summed E-state index contributed by atoms with van der Waals surface area (Å²) in [6, 6.07) is 6.48. The van der Waals surface area contributed by atoms with Gasteiger partial charge in [-0.15, -0.1) is 35.8 Å². The number of esters is 2. The zero-order chi connectivity index (χ0) is 30.5. The summed E-state index contributed by atoms with van der Waals surface area (Å²) in [7, 11) is 0. The topological polar surface area (TPSA) is 52.6 Å². The molecule has 3 aliphatic rings. The third-order valence-corrected chi connectivity index (χ3v) is 12.5. The minimum Gasteiger partial charge on any atom is -0.466 e. The van der Waals surface area contributed by atoms with E-state index in [1.807, 2.05) is 12.2 Å². The van der Waals surface area contributed by atoms with Gasteiger partial charge in [0.2, 0.25) is 0 Å². The van der Waals surface area contributed by atoms with Crippen LogP contribution < -0.4 is 0 Å². The predicted molar refractivity (Wildman–Crippen MR) is 182 cm³/mol. The van der Waals surface area contributed by atoms with Gasteiger partial charge in [-0.25, -0.2) is 0 Å². The number of thiophene rings is 2. The van der Waals surface area contributed by atoms with Gasteiger partial charge in [0.1, 0.15) is 0 Å². The van der Waals surface area contributed by atoms with Crippen LogP contribution in [0.5, 0.6) is 0 Å². The van der Waals surface area contributed by atoms with Crippen LogP contribution in [0.15, 0.2) is 73.2 Å². The zero-order valence-corrected chi connectivity index (χ0v) is 27.7. The molecule has 2 aromatic heterocycles. The van der Waals surface area contributed by atoms with E-state index in [9.17, 15) is 9.59 Å². The second-order valence-corrected chi connectivity index (χ2v) is 15.7. The van der Waals surface area contributed by atoms with Crippen molar-refractivity contribution in [2.75, 3.05) is 13.2 Å². The zero-order valence-electron chi connectivity index (χ0n) is 25.2. The van der Waals surface area contributed by atoms with Crippen molar-refractivity contribution in [2.45, 2.75) is 52.4 Å². The van der Waals surface area contributed by atoms with Crippen molar-refractivity contribution in [3.05, 3.63) is 88.5 Å². The van der Waals surface area contributed by atoms with Crippen molar-refractivity contribution in [1.82, 2.24) is 0 Å². The van der Waals surface area contributed by atoms with Crippen LogP contribution in [0.1, 0.15) is 54.3 Å². The molecular formula is C36H42O4S3. The molecule has 2 aliphatic carbocycles. The third kappa shape index (κ3) is 8.11. The first-order chi connectivity index (χ1) is 20.7. The van der Waals surface area contributed by atoms with Crippen molar-refractivity contribution in [2.24, 2.45) is 35.5 Å². The average Bonchev–Trinajstić information content (AvgIpc) is 3.80. The second kappa shape index (κ2) is 14.4. The Hall–Kier alpha value is -2.61. The molecule has 0 aromatic carbocycles. The molecule has 0 spiro atoms. The molecule has 2 fully saturated rings. The summed E-state index contributed by atoms with van der Waals surface area (Å²) in [5.41, 5.74) is 1.04. The lowest BCUT2D eigenvalue weighted by molar-refractivity contribution is -0.144. The molecule has 0 amide bonds. The molecule has 2 aromatic rings. The molecule has 6 unspecified atom stereocenters. The van der Waals surface area contributed by atoms with Crippen molar-refractivity contribution in [3.63, 3.8) is 0 Å². The lowest BCUT2D eigenvalue weighted by Crippen LogP contribution is -2.18. The molecule has 0 radical (unpaired) electrons. The summed E-state index contributed by atoms with van der Waals surface area (Å²) >= 11 is 5.25. The summed E-state index contributed by atoms with van der Waals surface area (Å²) in [6.07, 6.45) is 16.2. The maximum absolute atomic E-state index is 13.2. The normalized spacial score (nSPS) is 27.0. The van der Waals surface area contributed by atoms with Crippen LogP contribution in [0.2, 0.25) is 0 Å². The maximum Gasteiger partial charge on any atom is 0.310 e. The Morgan fingerprint density at radius 3 is 2.35 bits per heavy atom. The van der Waals surface area contributed by atoms with Crippen LogP contribution in [0.4, 0.5) is 0 Å². The fraction of sp³-hybridized carbons (Fsp3) is 0.444. The molecule has 2 saturated carbocycles. The Balaban J connectivity index is 1.19. The molecule has 228 valence electrons. The molecular weight excluding hydrogens is 593 g/mol. The monoisotopic (exact) mass is 634 g/mol. The van der Waals surface area contributed by atoms with E-state index < -0.39 is 0 Å². The van der Waals surface area contributed by atoms with Crippen LogP contribution in [0.25, 0.3) is 14.7 Å². The minimum atomic E-state index is -0.222. The number of thioether (sulfide) groups is 1. The molecule has 6 atom stereocenters. The molecule has 3 heterocycles. The third-order valence-electron chi connectivity index (χ3n) is 8.92. The first-order valence-corrected chi connectivity index (χ1v) is 17.6. The van der Waals surface area contributed by atoms with E-state index in [4.69, 9.17) is 9.47 Å². The number of allylic oxidation sites excluding steroid dienone is 6. The Morgan fingerprint density at radius 2 is 1.67 bits per heavy atom. The minimum absolute atomic E-state index is 0.174. The van der Waals surface area contributed by atoms with Gasteiger partial charge in [-0.2, -0.15) is 0 Å². The van der Waals surface area contributed by atoms with Gasteiger partial charge in [0, 0.05) is 31.3 Å². The highest BCUT2D eigenvalue weighted by Crippen LogP contribution is 2.48. The van der Waals surface area contributed by atoms with Crippen LogP contribution in [0.3, 0.4) is 0 Å². The molecule has 5 rings (SSSR count). The quantitative estimate of drug-likeness (QED) is 0.172. The Bertz CT molecular complexity index is 1430. The van der Waals surface area contributed by atoms with Crippen LogP contribution in [-0.4, -0.2) is 25.2 Å². The average molecular weight is 635 g/mol. The van der Waals surface area contributed by atoms with E-state index in [1.54, 1.807) is 34.4 Å². The molecule has 0 N–H and O–H groups in total. The molecule has 4 nitrogen and oxygen atoms in total. The van der Waals surface area contributed by atoms with Gasteiger partial charge in [0.05, 0.1) is 19.6 Å². The van der Waals surface area contributed by atoms with Gasteiger partial charge in [-0.3, -0.25) is 9.59 Å².